The largest absolute Gasteiger partial charge is 0.497 e. The number of carbonyl (C=O) groups excluding carboxylic acids is 1. The first-order valence-electron chi connectivity index (χ1n) is 9.87. The Balaban J connectivity index is 1.47. The molecule has 0 aliphatic carbocycles. The van der Waals surface area contributed by atoms with Gasteiger partial charge in [-0.25, -0.2) is 12.8 Å². The molecule has 0 aromatic heterocycles. The molecule has 0 bridgehead atoms. The molecule has 0 aliphatic heterocycles. The van der Waals surface area contributed by atoms with Gasteiger partial charge in [0, 0.05) is 10.7 Å². The van der Waals surface area contributed by atoms with E-state index in [0.29, 0.717) is 24.5 Å². The summed E-state index contributed by atoms with van der Waals surface area (Å²) in [6, 6.07) is 16.7. The molecule has 0 unspecified atom stereocenters. The van der Waals surface area contributed by atoms with Crippen LogP contribution in [-0.2, 0) is 21.2 Å². The lowest BCUT2D eigenvalue weighted by molar-refractivity contribution is -0.120. The SMILES string of the molecule is COc1ccc(OCCNC(=O)Cc2ccc(NS(=O)(=O)c3ccc(Cl)cc3F)cc2)cc1. The predicted octanol–water partition coefficient (Wildman–Crippen LogP) is 4.03. The molecule has 10 heteroatoms. The fourth-order valence-electron chi connectivity index (χ4n) is 2.87. The maximum atomic E-state index is 13.9. The predicted molar refractivity (Wildman–Crippen MR) is 124 cm³/mol. The summed E-state index contributed by atoms with van der Waals surface area (Å²) in [5.74, 6) is 0.248. The first-order chi connectivity index (χ1) is 15.8. The maximum absolute atomic E-state index is 13.9. The van der Waals surface area contributed by atoms with Crippen LogP contribution in [-0.4, -0.2) is 34.6 Å². The van der Waals surface area contributed by atoms with Gasteiger partial charge in [-0.05, 0) is 60.2 Å². The minimum absolute atomic E-state index is 0.0985. The van der Waals surface area contributed by atoms with E-state index in [1.54, 1.807) is 43.5 Å². The monoisotopic (exact) mass is 492 g/mol. The van der Waals surface area contributed by atoms with Crippen molar-refractivity contribution in [1.29, 1.82) is 0 Å². The summed E-state index contributed by atoms with van der Waals surface area (Å²) < 4.78 is 51.7. The van der Waals surface area contributed by atoms with E-state index < -0.39 is 20.7 Å². The highest BCUT2D eigenvalue weighted by Crippen LogP contribution is 2.22. The van der Waals surface area contributed by atoms with Gasteiger partial charge in [-0.3, -0.25) is 9.52 Å². The first kappa shape index (κ1) is 24.3. The first-order valence-corrected chi connectivity index (χ1v) is 11.7. The smallest absolute Gasteiger partial charge is 0.264 e. The molecule has 3 rings (SSSR count). The van der Waals surface area contributed by atoms with Crippen LogP contribution in [0.1, 0.15) is 5.56 Å². The van der Waals surface area contributed by atoms with Gasteiger partial charge in [-0.15, -0.1) is 0 Å². The van der Waals surface area contributed by atoms with Crippen molar-refractivity contribution in [2.24, 2.45) is 0 Å². The lowest BCUT2D eigenvalue weighted by Crippen LogP contribution is -2.29. The van der Waals surface area contributed by atoms with Crippen molar-refractivity contribution in [3.8, 4) is 11.5 Å². The number of hydrogen-bond acceptors (Lipinski definition) is 5. The van der Waals surface area contributed by atoms with Gasteiger partial charge in [0.2, 0.25) is 5.91 Å². The minimum atomic E-state index is -4.12. The Bertz CT molecular complexity index is 1200. The number of benzene rings is 3. The molecule has 0 heterocycles. The third-order valence-corrected chi connectivity index (χ3v) is 6.16. The van der Waals surface area contributed by atoms with Crippen LogP contribution in [0.15, 0.2) is 71.6 Å². The Morgan fingerprint density at radius 1 is 1.00 bits per heavy atom. The van der Waals surface area contributed by atoms with Crippen molar-refractivity contribution in [3.63, 3.8) is 0 Å². The Labute approximate surface area is 196 Å². The minimum Gasteiger partial charge on any atom is -0.497 e. The molecule has 33 heavy (non-hydrogen) atoms. The molecule has 0 spiro atoms. The number of ether oxygens (including phenoxy) is 2. The highest BCUT2D eigenvalue weighted by molar-refractivity contribution is 7.92. The zero-order chi connectivity index (χ0) is 23.8. The second-order valence-corrected chi connectivity index (χ2v) is 9.02. The average molecular weight is 493 g/mol. The average Bonchev–Trinajstić information content (AvgIpc) is 2.78. The molecule has 0 atom stereocenters. The van der Waals surface area contributed by atoms with Gasteiger partial charge >= 0.3 is 0 Å². The standard InChI is InChI=1S/C23H22ClFN2O5S/c1-31-19-7-9-20(10-8-19)32-13-12-26-23(28)14-16-2-5-18(6-3-16)27-33(29,30)22-11-4-17(24)15-21(22)25/h2-11,15,27H,12-14H2,1H3,(H,26,28). The van der Waals surface area contributed by atoms with Crippen LogP contribution in [0.3, 0.4) is 0 Å². The molecule has 0 saturated carbocycles. The molecule has 2 N–H and O–H groups in total. The number of hydrogen-bond donors (Lipinski definition) is 2. The number of carbonyl (C=O) groups is 1. The van der Waals surface area contributed by atoms with Crippen LogP contribution >= 0.6 is 11.6 Å². The van der Waals surface area contributed by atoms with E-state index in [2.05, 4.69) is 10.0 Å². The Kier molecular flexibility index (Phi) is 8.13. The summed E-state index contributed by atoms with van der Waals surface area (Å²) in [5, 5.41) is 2.85. The summed E-state index contributed by atoms with van der Waals surface area (Å²) in [6.07, 6.45) is 0.112. The van der Waals surface area contributed by atoms with Gasteiger partial charge in [-0.2, -0.15) is 0 Å². The number of sulfonamides is 1. The van der Waals surface area contributed by atoms with Gasteiger partial charge in [0.25, 0.3) is 10.0 Å². The van der Waals surface area contributed by atoms with Crippen molar-refractivity contribution >= 4 is 33.2 Å². The van der Waals surface area contributed by atoms with Crippen molar-refractivity contribution in [2.75, 3.05) is 25.0 Å². The van der Waals surface area contributed by atoms with Crippen molar-refractivity contribution in [3.05, 3.63) is 83.1 Å². The van der Waals surface area contributed by atoms with Crippen LogP contribution in [0.2, 0.25) is 5.02 Å². The molecular formula is C23H22ClFN2O5S. The van der Waals surface area contributed by atoms with Gasteiger partial charge < -0.3 is 14.8 Å². The zero-order valence-electron chi connectivity index (χ0n) is 17.7. The van der Waals surface area contributed by atoms with Gasteiger partial charge in [0.05, 0.1) is 20.1 Å². The maximum Gasteiger partial charge on any atom is 0.264 e. The molecule has 0 radical (unpaired) electrons. The fourth-order valence-corrected chi connectivity index (χ4v) is 4.15. The van der Waals surface area contributed by atoms with Crippen LogP contribution in [0.4, 0.5) is 10.1 Å². The molecule has 3 aromatic carbocycles. The third kappa shape index (κ3) is 7.10. The van der Waals surface area contributed by atoms with Crippen LogP contribution in [0, 0.1) is 5.82 Å². The van der Waals surface area contributed by atoms with E-state index in [4.69, 9.17) is 21.1 Å². The van der Waals surface area contributed by atoms with Gasteiger partial charge in [0.1, 0.15) is 28.8 Å². The van der Waals surface area contributed by atoms with Gasteiger partial charge in [0.15, 0.2) is 0 Å². The normalized spacial score (nSPS) is 11.0. The van der Waals surface area contributed by atoms with E-state index in [-0.39, 0.29) is 23.0 Å². The number of anilines is 1. The van der Waals surface area contributed by atoms with E-state index in [9.17, 15) is 17.6 Å². The second kappa shape index (κ2) is 11.0. The van der Waals surface area contributed by atoms with Gasteiger partial charge in [-0.1, -0.05) is 23.7 Å². The molecule has 1 amide bonds. The molecule has 0 aliphatic rings. The highest BCUT2D eigenvalue weighted by atomic mass is 35.5. The molecule has 0 fully saturated rings. The van der Waals surface area contributed by atoms with Crippen molar-refractivity contribution < 1.29 is 27.1 Å². The summed E-state index contributed by atoms with van der Waals surface area (Å²) in [5.41, 5.74) is 0.922. The number of amides is 1. The lowest BCUT2D eigenvalue weighted by atomic mass is 10.1. The number of methoxy groups -OCH3 is 1. The number of rotatable bonds is 10. The summed E-state index contributed by atoms with van der Waals surface area (Å²) in [6.45, 7) is 0.634. The number of halogens is 2. The molecular weight excluding hydrogens is 471 g/mol. The lowest BCUT2D eigenvalue weighted by Gasteiger charge is -2.10. The fraction of sp³-hybridized carbons (Fsp3) is 0.174. The second-order valence-electron chi connectivity index (χ2n) is 6.93. The number of nitrogens with one attached hydrogen (secondary N) is 2. The molecule has 174 valence electrons. The van der Waals surface area contributed by atoms with E-state index >= 15 is 0 Å². The Morgan fingerprint density at radius 2 is 1.67 bits per heavy atom. The highest BCUT2D eigenvalue weighted by Gasteiger charge is 2.19. The van der Waals surface area contributed by atoms with E-state index in [1.807, 2.05) is 0 Å². The van der Waals surface area contributed by atoms with Crippen LogP contribution < -0.4 is 19.5 Å². The third-order valence-electron chi connectivity index (χ3n) is 4.51. The summed E-state index contributed by atoms with van der Waals surface area (Å²) in [4.78, 5) is 11.6. The topological polar surface area (TPSA) is 93.7 Å². The molecule has 3 aromatic rings. The molecule has 7 nitrogen and oxygen atoms in total. The van der Waals surface area contributed by atoms with E-state index in [1.165, 1.54) is 18.2 Å². The Morgan fingerprint density at radius 3 is 2.30 bits per heavy atom. The van der Waals surface area contributed by atoms with E-state index in [0.717, 1.165) is 17.9 Å². The van der Waals surface area contributed by atoms with Crippen LogP contribution in [0.25, 0.3) is 0 Å². The Hall–Kier alpha value is -3.30. The summed E-state index contributed by atoms with van der Waals surface area (Å²) in [7, 11) is -2.54. The molecule has 0 saturated heterocycles. The summed E-state index contributed by atoms with van der Waals surface area (Å²) >= 11 is 5.67. The zero-order valence-corrected chi connectivity index (χ0v) is 19.3. The van der Waals surface area contributed by atoms with Crippen LogP contribution in [0.5, 0.6) is 11.5 Å². The quantitative estimate of drug-likeness (QED) is 0.417. The van der Waals surface area contributed by atoms with Crippen molar-refractivity contribution in [2.45, 2.75) is 11.3 Å². The van der Waals surface area contributed by atoms with Crippen molar-refractivity contribution in [1.82, 2.24) is 5.32 Å².